The standard InChI is InChI=1S/C30H40N2O3/c1-5-17-31-18-16-29(25-12-9-13-27(33)19-25)20-26(14-15-30(29,22-31)35-4)32(21-23(2)3)28(34)24-10-7-6-8-11-24/h5-13,19,23,26,33H,1,14-18,20-22H2,2-4H3/t26-,29-,30-/m0/s1. The van der Waals surface area contributed by atoms with Gasteiger partial charge in [-0.3, -0.25) is 9.69 Å². The van der Waals surface area contributed by atoms with Crippen LogP contribution in [0.15, 0.2) is 67.3 Å². The molecule has 2 aromatic rings. The highest BCUT2D eigenvalue weighted by Crippen LogP contribution is 2.54. The molecular formula is C30H40N2O3. The Balaban J connectivity index is 1.76. The Labute approximate surface area is 210 Å². The zero-order valence-corrected chi connectivity index (χ0v) is 21.5. The number of rotatable bonds is 8. The second-order valence-electron chi connectivity index (χ2n) is 10.7. The summed E-state index contributed by atoms with van der Waals surface area (Å²) in [5.41, 5.74) is 1.16. The van der Waals surface area contributed by atoms with E-state index in [1.54, 1.807) is 6.07 Å². The van der Waals surface area contributed by atoms with Crippen LogP contribution in [0.5, 0.6) is 5.75 Å². The van der Waals surface area contributed by atoms with Crippen LogP contribution >= 0.6 is 0 Å². The third-order valence-corrected chi connectivity index (χ3v) is 8.13. The minimum atomic E-state index is -0.391. The van der Waals surface area contributed by atoms with Gasteiger partial charge >= 0.3 is 0 Å². The number of phenolic OH excluding ortho intramolecular Hbond substituents is 1. The summed E-state index contributed by atoms with van der Waals surface area (Å²) in [6, 6.07) is 17.4. The summed E-state index contributed by atoms with van der Waals surface area (Å²) in [4.78, 5) is 18.3. The van der Waals surface area contributed by atoms with Crippen molar-refractivity contribution in [2.45, 2.75) is 56.6 Å². The van der Waals surface area contributed by atoms with Gasteiger partial charge in [-0.2, -0.15) is 0 Å². The van der Waals surface area contributed by atoms with Crippen LogP contribution in [0.3, 0.4) is 0 Å². The number of carbonyl (C=O) groups excluding carboxylic acids is 1. The first-order chi connectivity index (χ1) is 16.8. The van der Waals surface area contributed by atoms with E-state index in [2.05, 4.69) is 36.3 Å². The fraction of sp³-hybridized carbons (Fsp3) is 0.500. The summed E-state index contributed by atoms with van der Waals surface area (Å²) in [5, 5.41) is 10.4. The van der Waals surface area contributed by atoms with Gasteiger partial charge in [0.05, 0.1) is 5.60 Å². The smallest absolute Gasteiger partial charge is 0.254 e. The van der Waals surface area contributed by atoms with Crippen LogP contribution in [-0.2, 0) is 10.2 Å². The Morgan fingerprint density at radius 1 is 1.23 bits per heavy atom. The second kappa shape index (κ2) is 10.5. The van der Waals surface area contributed by atoms with E-state index in [1.807, 2.05) is 55.7 Å². The molecule has 1 aliphatic carbocycles. The van der Waals surface area contributed by atoms with Crippen LogP contribution in [0.4, 0.5) is 0 Å². The van der Waals surface area contributed by atoms with Crippen LogP contribution in [0.1, 0.15) is 55.5 Å². The Morgan fingerprint density at radius 2 is 2.00 bits per heavy atom. The van der Waals surface area contributed by atoms with Crippen LogP contribution in [0.2, 0.25) is 0 Å². The monoisotopic (exact) mass is 476 g/mol. The molecule has 2 aromatic carbocycles. The maximum atomic E-state index is 13.8. The number of hydrogen-bond acceptors (Lipinski definition) is 4. The molecule has 1 saturated heterocycles. The van der Waals surface area contributed by atoms with Gasteiger partial charge < -0.3 is 14.7 Å². The maximum Gasteiger partial charge on any atom is 0.254 e. The van der Waals surface area contributed by atoms with E-state index in [1.165, 1.54) is 0 Å². The van der Waals surface area contributed by atoms with Crippen molar-refractivity contribution in [3.8, 4) is 5.75 Å². The molecule has 2 aliphatic rings. The first kappa shape index (κ1) is 25.5. The summed E-state index contributed by atoms with van der Waals surface area (Å²) < 4.78 is 6.45. The predicted molar refractivity (Wildman–Crippen MR) is 141 cm³/mol. The van der Waals surface area contributed by atoms with Crippen LogP contribution in [-0.4, -0.2) is 65.7 Å². The minimum absolute atomic E-state index is 0.0988. The molecule has 4 rings (SSSR count). The van der Waals surface area contributed by atoms with E-state index >= 15 is 0 Å². The fourth-order valence-corrected chi connectivity index (χ4v) is 6.51. The van der Waals surface area contributed by atoms with Gasteiger partial charge in [0, 0.05) is 43.8 Å². The number of ether oxygens (including phenoxy) is 1. The summed E-state index contributed by atoms with van der Waals surface area (Å²) in [7, 11) is 1.83. The van der Waals surface area contributed by atoms with Crippen molar-refractivity contribution in [1.29, 1.82) is 0 Å². The number of fused-ring (bicyclic) bond motifs is 1. The molecule has 2 fully saturated rings. The molecule has 5 nitrogen and oxygen atoms in total. The summed E-state index contributed by atoms with van der Waals surface area (Å²) in [6.45, 7) is 11.6. The fourth-order valence-electron chi connectivity index (χ4n) is 6.51. The number of methoxy groups -OCH3 is 1. The minimum Gasteiger partial charge on any atom is -0.508 e. The normalized spacial score (nSPS) is 26.8. The van der Waals surface area contributed by atoms with E-state index < -0.39 is 5.60 Å². The highest BCUT2D eigenvalue weighted by Gasteiger charge is 2.59. The zero-order chi connectivity index (χ0) is 25.1. The number of hydrogen-bond donors (Lipinski definition) is 1. The second-order valence-corrected chi connectivity index (χ2v) is 10.7. The maximum absolute atomic E-state index is 13.8. The average Bonchev–Trinajstić information content (AvgIpc) is 2.87. The molecule has 0 spiro atoms. The molecular weight excluding hydrogens is 436 g/mol. The number of nitrogens with zero attached hydrogens (tertiary/aromatic N) is 2. The SMILES string of the molecule is C=CCN1CC[C@@]2(c3cccc(O)c3)C[C@@H](N(CC(C)C)C(=O)c3ccccc3)CC[C@]2(OC)C1. The van der Waals surface area contributed by atoms with Gasteiger partial charge in [-0.25, -0.2) is 0 Å². The number of carbonyl (C=O) groups is 1. The van der Waals surface area contributed by atoms with E-state index in [9.17, 15) is 9.90 Å². The van der Waals surface area contributed by atoms with Crippen molar-refractivity contribution in [2.75, 3.05) is 33.3 Å². The number of benzene rings is 2. The molecule has 1 aliphatic heterocycles. The van der Waals surface area contributed by atoms with Crippen molar-refractivity contribution in [2.24, 2.45) is 5.92 Å². The van der Waals surface area contributed by atoms with Gasteiger partial charge in [-0.05, 0) is 68.0 Å². The zero-order valence-electron chi connectivity index (χ0n) is 21.5. The Morgan fingerprint density at radius 3 is 2.66 bits per heavy atom. The molecule has 0 bridgehead atoms. The van der Waals surface area contributed by atoms with Crippen LogP contribution < -0.4 is 0 Å². The van der Waals surface area contributed by atoms with Crippen molar-refractivity contribution >= 4 is 5.91 Å². The highest BCUT2D eigenvalue weighted by molar-refractivity contribution is 5.94. The van der Waals surface area contributed by atoms with Gasteiger partial charge in [0.25, 0.3) is 5.91 Å². The van der Waals surface area contributed by atoms with Gasteiger partial charge in [-0.15, -0.1) is 6.58 Å². The first-order valence-corrected chi connectivity index (χ1v) is 12.9. The molecule has 35 heavy (non-hydrogen) atoms. The number of aromatic hydroxyl groups is 1. The Bertz CT molecular complexity index is 1020. The molecule has 1 saturated carbocycles. The number of amides is 1. The van der Waals surface area contributed by atoms with Crippen LogP contribution in [0.25, 0.3) is 0 Å². The van der Waals surface area contributed by atoms with E-state index in [0.29, 0.717) is 5.92 Å². The molecule has 1 amide bonds. The highest BCUT2D eigenvalue weighted by atomic mass is 16.5. The molecule has 1 heterocycles. The number of piperidine rings is 1. The summed E-state index contributed by atoms with van der Waals surface area (Å²) in [5.74, 6) is 0.740. The number of phenols is 1. The third-order valence-electron chi connectivity index (χ3n) is 8.13. The first-order valence-electron chi connectivity index (χ1n) is 12.9. The Hall–Kier alpha value is -2.63. The average molecular weight is 477 g/mol. The van der Waals surface area contributed by atoms with Crippen molar-refractivity contribution in [1.82, 2.24) is 9.80 Å². The Kier molecular flexibility index (Phi) is 7.67. The van der Waals surface area contributed by atoms with Gasteiger partial charge in [0.2, 0.25) is 0 Å². The lowest BCUT2D eigenvalue weighted by Crippen LogP contribution is -2.68. The predicted octanol–water partition coefficient (Wildman–Crippen LogP) is 5.26. The number of likely N-dealkylation sites (tertiary alicyclic amines) is 1. The quantitative estimate of drug-likeness (QED) is 0.528. The van der Waals surface area contributed by atoms with Crippen LogP contribution in [0, 0.1) is 5.92 Å². The lowest BCUT2D eigenvalue weighted by atomic mass is 9.55. The third kappa shape index (κ3) is 4.89. The van der Waals surface area contributed by atoms with E-state index in [4.69, 9.17) is 4.74 Å². The molecule has 0 aromatic heterocycles. The van der Waals surface area contributed by atoms with Crippen molar-refractivity contribution in [3.05, 3.63) is 78.4 Å². The van der Waals surface area contributed by atoms with Gasteiger partial charge in [-0.1, -0.05) is 50.3 Å². The van der Waals surface area contributed by atoms with Gasteiger partial charge in [0.1, 0.15) is 5.75 Å². The van der Waals surface area contributed by atoms with Crippen molar-refractivity contribution in [3.63, 3.8) is 0 Å². The summed E-state index contributed by atoms with van der Waals surface area (Å²) in [6.07, 6.45) is 5.43. The molecule has 3 atom stereocenters. The van der Waals surface area contributed by atoms with Crippen molar-refractivity contribution < 1.29 is 14.6 Å². The topological polar surface area (TPSA) is 53.0 Å². The van der Waals surface area contributed by atoms with Gasteiger partial charge in [0.15, 0.2) is 0 Å². The molecule has 0 radical (unpaired) electrons. The lowest BCUT2D eigenvalue weighted by molar-refractivity contribution is -0.153. The van der Waals surface area contributed by atoms with E-state index in [-0.39, 0.29) is 23.1 Å². The largest absolute Gasteiger partial charge is 0.508 e. The molecule has 188 valence electrons. The molecule has 5 heteroatoms. The lowest BCUT2D eigenvalue weighted by Gasteiger charge is -2.60. The van der Waals surface area contributed by atoms with E-state index in [0.717, 1.165) is 63.0 Å². The summed E-state index contributed by atoms with van der Waals surface area (Å²) >= 11 is 0. The molecule has 1 N–H and O–H groups in total. The molecule has 0 unspecified atom stereocenters.